The van der Waals surface area contributed by atoms with Crippen molar-refractivity contribution in [2.75, 3.05) is 13.1 Å². The van der Waals surface area contributed by atoms with Gasteiger partial charge >= 0.3 is 0 Å². The van der Waals surface area contributed by atoms with Gasteiger partial charge in [0, 0.05) is 51.2 Å². The lowest BCUT2D eigenvalue weighted by molar-refractivity contribution is -0.127. The maximum Gasteiger partial charge on any atom is 0.271 e. The Morgan fingerprint density at radius 2 is 2.06 bits per heavy atom. The summed E-state index contributed by atoms with van der Waals surface area (Å²) < 4.78 is 1.69. The van der Waals surface area contributed by atoms with E-state index in [0.29, 0.717) is 12.1 Å². The molecule has 1 saturated heterocycles. The molecule has 2 aromatic rings. The Morgan fingerprint density at radius 3 is 2.71 bits per heavy atom. The summed E-state index contributed by atoms with van der Waals surface area (Å²) in [6.45, 7) is 0.358. The lowest BCUT2D eigenvalue weighted by Crippen LogP contribution is -2.57. The first-order valence-corrected chi connectivity index (χ1v) is 9.92. The molecule has 11 nitrogen and oxygen atoms in total. The average molecular weight is 427 g/mol. The van der Waals surface area contributed by atoms with Gasteiger partial charge in [-0.3, -0.25) is 24.2 Å². The molecule has 2 aromatic heterocycles. The standard InChI is InChI=1S/C20H25N7O4/c1-26-9-2-3-15(26)20(31)27-10-5-13(25-18(29)14-12-22-7-8-23-14)11-16(27)19(30)24-6-4-17(21)28/h2-3,7-9,12-13,16H,4-6,10-11H2,1H3,(H2,21,28)(H,24,30)(H,25,29). The quantitative estimate of drug-likeness (QED) is 0.526. The minimum atomic E-state index is -0.809. The van der Waals surface area contributed by atoms with E-state index >= 15 is 0 Å². The molecule has 3 heterocycles. The molecule has 31 heavy (non-hydrogen) atoms. The third kappa shape index (κ3) is 5.44. The number of primary amides is 1. The fraction of sp³-hybridized carbons (Fsp3) is 0.400. The Bertz CT molecular complexity index is 959. The number of amides is 4. The molecule has 1 aliphatic rings. The van der Waals surface area contributed by atoms with Gasteiger partial charge in [-0.25, -0.2) is 4.98 Å². The van der Waals surface area contributed by atoms with Gasteiger partial charge < -0.3 is 25.8 Å². The van der Waals surface area contributed by atoms with Gasteiger partial charge in [0.2, 0.25) is 11.8 Å². The molecular formula is C20H25N7O4. The number of aromatic nitrogens is 3. The first-order valence-electron chi connectivity index (χ1n) is 9.92. The minimum Gasteiger partial charge on any atom is -0.370 e. The van der Waals surface area contributed by atoms with Crippen LogP contribution in [0.3, 0.4) is 0 Å². The normalized spacial score (nSPS) is 18.3. The number of nitrogens with one attached hydrogen (secondary N) is 2. The smallest absolute Gasteiger partial charge is 0.271 e. The summed E-state index contributed by atoms with van der Waals surface area (Å²) in [6, 6.07) is 2.30. The highest BCUT2D eigenvalue weighted by Crippen LogP contribution is 2.21. The van der Waals surface area contributed by atoms with Crippen molar-refractivity contribution in [1.29, 1.82) is 0 Å². The SMILES string of the molecule is Cn1cccc1C(=O)N1CCC(NC(=O)c2cnccn2)CC1C(=O)NCCC(N)=O. The molecule has 4 amide bonds. The molecular weight excluding hydrogens is 402 g/mol. The van der Waals surface area contributed by atoms with Gasteiger partial charge in [0.25, 0.3) is 11.8 Å². The van der Waals surface area contributed by atoms with Crippen molar-refractivity contribution in [2.45, 2.75) is 31.3 Å². The van der Waals surface area contributed by atoms with Gasteiger partial charge in [0.05, 0.1) is 6.20 Å². The molecule has 0 saturated carbocycles. The van der Waals surface area contributed by atoms with Gasteiger partial charge in [-0.1, -0.05) is 0 Å². The molecule has 0 radical (unpaired) electrons. The van der Waals surface area contributed by atoms with Crippen LogP contribution in [0.2, 0.25) is 0 Å². The van der Waals surface area contributed by atoms with Crippen LogP contribution in [-0.2, 0) is 16.6 Å². The van der Waals surface area contributed by atoms with E-state index in [4.69, 9.17) is 5.73 Å². The third-order valence-corrected chi connectivity index (χ3v) is 5.13. The van der Waals surface area contributed by atoms with E-state index in [2.05, 4.69) is 20.6 Å². The molecule has 0 aliphatic carbocycles. The van der Waals surface area contributed by atoms with Crippen LogP contribution in [0.4, 0.5) is 0 Å². The van der Waals surface area contributed by atoms with Crippen molar-refractivity contribution in [2.24, 2.45) is 12.8 Å². The summed E-state index contributed by atoms with van der Waals surface area (Å²) in [5.74, 6) is -1.61. The van der Waals surface area contributed by atoms with Crippen LogP contribution < -0.4 is 16.4 Å². The van der Waals surface area contributed by atoms with Crippen molar-refractivity contribution < 1.29 is 19.2 Å². The van der Waals surface area contributed by atoms with E-state index in [1.807, 2.05) is 0 Å². The summed E-state index contributed by atoms with van der Waals surface area (Å²) in [6.07, 6.45) is 6.71. The molecule has 164 valence electrons. The van der Waals surface area contributed by atoms with Crippen LogP contribution in [0, 0.1) is 0 Å². The van der Waals surface area contributed by atoms with Gasteiger partial charge in [0.1, 0.15) is 17.4 Å². The van der Waals surface area contributed by atoms with Gasteiger partial charge in [-0.05, 0) is 25.0 Å². The lowest BCUT2D eigenvalue weighted by Gasteiger charge is -2.38. The fourth-order valence-corrected chi connectivity index (χ4v) is 3.52. The van der Waals surface area contributed by atoms with E-state index in [1.54, 1.807) is 29.9 Å². The highest BCUT2D eigenvalue weighted by molar-refractivity contribution is 5.97. The summed E-state index contributed by atoms with van der Waals surface area (Å²) >= 11 is 0. The number of nitrogens with two attached hydrogens (primary N) is 1. The highest BCUT2D eigenvalue weighted by Gasteiger charge is 2.37. The van der Waals surface area contributed by atoms with E-state index in [1.165, 1.54) is 23.5 Å². The predicted molar refractivity (Wildman–Crippen MR) is 110 cm³/mol. The van der Waals surface area contributed by atoms with E-state index < -0.39 is 23.8 Å². The molecule has 11 heteroatoms. The van der Waals surface area contributed by atoms with Crippen molar-refractivity contribution in [3.63, 3.8) is 0 Å². The summed E-state index contributed by atoms with van der Waals surface area (Å²) in [4.78, 5) is 58.7. The Labute approximate surface area is 179 Å². The Hall–Kier alpha value is -3.76. The van der Waals surface area contributed by atoms with Crippen LogP contribution in [0.25, 0.3) is 0 Å². The Balaban J connectivity index is 1.73. The van der Waals surface area contributed by atoms with Crippen LogP contribution in [-0.4, -0.2) is 68.2 Å². The summed E-state index contributed by atoms with van der Waals surface area (Å²) in [5.41, 5.74) is 5.76. The monoisotopic (exact) mass is 427 g/mol. The molecule has 4 N–H and O–H groups in total. The minimum absolute atomic E-state index is 0.00292. The highest BCUT2D eigenvalue weighted by atomic mass is 16.2. The molecule has 0 spiro atoms. The Morgan fingerprint density at radius 1 is 1.26 bits per heavy atom. The van der Waals surface area contributed by atoms with Gasteiger partial charge in [-0.15, -0.1) is 0 Å². The maximum atomic E-state index is 13.1. The molecule has 2 unspecified atom stereocenters. The van der Waals surface area contributed by atoms with Gasteiger partial charge in [0.15, 0.2) is 0 Å². The van der Waals surface area contributed by atoms with E-state index in [9.17, 15) is 19.2 Å². The van der Waals surface area contributed by atoms with Crippen molar-refractivity contribution in [3.05, 3.63) is 48.3 Å². The molecule has 3 rings (SSSR count). The van der Waals surface area contributed by atoms with Crippen molar-refractivity contribution in [3.8, 4) is 0 Å². The molecule has 1 fully saturated rings. The Kier molecular flexibility index (Phi) is 6.96. The number of nitrogens with zero attached hydrogens (tertiary/aromatic N) is 4. The largest absolute Gasteiger partial charge is 0.370 e. The van der Waals surface area contributed by atoms with Crippen molar-refractivity contribution >= 4 is 23.6 Å². The number of carbonyl (C=O) groups excluding carboxylic acids is 4. The number of hydrogen-bond donors (Lipinski definition) is 3. The summed E-state index contributed by atoms with van der Waals surface area (Å²) in [7, 11) is 1.75. The second kappa shape index (κ2) is 9.83. The van der Waals surface area contributed by atoms with E-state index in [0.717, 1.165) is 0 Å². The first-order chi connectivity index (χ1) is 14.9. The predicted octanol–water partition coefficient (Wildman–Crippen LogP) is -0.790. The number of hydrogen-bond acceptors (Lipinski definition) is 6. The third-order valence-electron chi connectivity index (χ3n) is 5.13. The van der Waals surface area contributed by atoms with E-state index in [-0.39, 0.29) is 43.6 Å². The maximum absolute atomic E-state index is 13.1. The number of piperidine rings is 1. The zero-order chi connectivity index (χ0) is 22.4. The van der Waals surface area contributed by atoms with Crippen LogP contribution in [0.5, 0.6) is 0 Å². The number of aryl methyl sites for hydroxylation is 1. The van der Waals surface area contributed by atoms with Crippen LogP contribution in [0.15, 0.2) is 36.9 Å². The zero-order valence-electron chi connectivity index (χ0n) is 17.2. The van der Waals surface area contributed by atoms with Crippen LogP contribution in [0.1, 0.15) is 40.2 Å². The second-order valence-electron chi connectivity index (χ2n) is 7.31. The number of carbonyl (C=O) groups is 4. The molecule has 0 bridgehead atoms. The van der Waals surface area contributed by atoms with Crippen LogP contribution >= 0.6 is 0 Å². The topological polar surface area (TPSA) is 152 Å². The number of likely N-dealkylation sites (tertiary alicyclic amines) is 1. The molecule has 1 aliphatic heterocycles. The number of rotatable bonds is 7. The van der Waals surface area contributed by atoms with Crippen molar-refractivity contribution in [1.82, 2.24) is 30.1 Å². The average Bonchev–Trinajstić information content (AvgIpc) is 3.19. The summed E-state index contributed by atoms with van der Waals surface area (Å²) in [5, 5.41) is 5.52. The molecule has 2 atom stereocenters. The second-order valence-corrected chi connectivity index (χ2v) is 7.31. The molecule has 0 aromatic carbocycles. The lowest BCUT2D eigenvalue weighted by atomic mass is 9.95. The van der Waals surface area contributed by atoms with Gasteiger partial charge in [-0.2, -0.15) is 0 Å². The zero-order valence-corrected chi connectivity index (χ0v) is 17.2. The first kappa shape index (κ1) is 21.9. The fourth-order valence-electron chi connectivity index (χ4n) is 3.52.